The first-order chi connectivity index (χ1) is 14.1. The number of alkyl halides is 3. The van der Waals surface area contributed by atoms with Gasteiger partial charge < -0.3 is 5.73 Å². The molecule has 9 heteroatoms. The smallest absolute Gasteiger partial charge is 0.322 e. The molecule has 3 rings (SSSR count). The van der Waals surface area contributed by atoms with Crippen LogP contribution in [0.1, 0.15) is 28.8 Å². The average Bonchev–Trinajstić information content (AvgIpc) is 2.73. The topological polar surface area (TPSA) is 72.2 Å². The van der Waals surface area contributed by atoms with E-state index in [2.05, 4.69) is 19.1 Å². The van der Waals surface area contributed by atoms with Crippen molar-refractivity contribution in [3.05, 3.63) is 108 Å². The van der Waals surface area contributed by atoms with Crippen molar-refractivity contribution in [3.8, 4) is 0 Å². The van der Waals surface area contributed by atoms with E-state index in [-0.39, 0.29) is 19.5 Å². The molecule has 0 amide bonds. The number of halogens is 3. The summed E-state index contributed by atoms with van der Waals surface area (Å²) in [5.74, 6) is 0. The minimum absolute atomic E-state index is 0. The number of sulfonamides is 1. The third-order valence-corrected chi connectivity index (χ3v) is 5.40. The van der Waals surface area contributed by atoms with Crippen LogP contribution in [0.4, 0.5) is 13.2 Å². The van der Waals surface area contributed by atoms with Gasteiger partial charge in [-0.2, -0.15) is 17.9 Å². The molecule has 0 heterocycles. The van der Waals surface area contributed by atoms with Crippen LogP contribution in [0.5, 0.6) is 0 Å². The molecule has 3 aromatic carbocycles. The van der Waals surface area contributed by atoms with Gasteiger partial charge in [-0.25, -0.2) is 8.42 Å². The van der Waals surface area contributed by atoms with Crippen LogP contribution in [0.15, 0.2) is 91.0 Å². The van der Waals surface area contributed by atoms with Crippen molar-refractivity contribution < 1.29 is 41.1 Å². The molecule has 4 nitrogen and oxygen atoms in total. The van der Waals surface area contributed by atoms with Gasteiger partial charge in [-0.3, -0.25) is 0 Å². The van der Waals surface area contributed by atoms with Gasteiger partial charge in [0, 0.05) is 19.5 Å². The van der Waals surface area contributed by atoms with Gasteiger partial charge in [-0.05, 0) is 18.1 Å². The SMILES string of the molecule is Cc1ccccc1.N[C@@H](c1ccccc1)[C@@H](NS(=O)(=O)C(F)(F)F)c1ccccc1.[Ru]. The van der Waals surface area contributed by atoms with Gasteiger partial charge in [0.1, 0.15) is 0 Å². The van der Waals surface area contributed by atoms with E-state index in [0.29, 0.717) is 11.1 Å². The quantitative estimate of drug-likeness (QED) is 0.457. The van der Waals surface area contributed by atoms with Crippen molar-refractivity contribution >= 4 is 10.0 Å². The molecule has 0 unspecified atom stereocenters. The summed E-state index contributed by atoms with van der Waals surface area (Å²) in [5.41, 5.74) is 2.81. The molecule has 3 aromatic rings. The molecule has 168 valence electrons. The Balaban J connectivity index is 0.000000510. The Morgan fingerprint density at radius 1 is 0.774 bits per heavy atom. The Morgan fingerprint density at radius 2 is 1.16 bits per heavy atom. The number of benzene rings is 3. The van der Waals surface area contributed by atoms with E-state index in [0.717, 1.165) is 0 Å². The van der Waals surface area contributed by atoms with Crippen molar-refractivity contribution in [3.63, 3.8) is 0 Å². The van der Waals surface area contributed by atoms with Crippen LogP contribution < -0.4 is 10.5 Å². The molecule has 0 saturated heterocycles. The van der Waals surface area contributed by atoms with E-state index in [1.165, 1.54) is 17.7 Å². The molecular weight excluding hydrogens is 514 g/mol. The van der Waals surface area contributed by atoms with Gasteiger partial charge in [-0.15, -0.1) is 0 Å². The summed E-state index contributed by atoms with van der Waals surface area (Å²) in [6.45, 7) is 2.08. The van der Waals surface area contributed by atoms with E-state index in [4.69, 9.17) is 5.73 Å². The fourth-order valence-electron chi connectivity index (χ4n) is 2.65. The number of hydrogen-bond acceptors (Lipinski definition) is 3. The zero-order valence-electron chi connectivity index (χ0n) is 16.6. The number of nitrogens with two attached hydrogens (primary N) is 1. The molecule has 0 bridgehead atoms. The van der Waals surface area contributed by atoms with Gasteiger partial charge in [0.05, 0.1) is 12.1 Å². The van der Waals surface area contributed by atoms with Gasteiger partial charge in [0.25, 0.3) is 0 Å². The molecule has 0 radical (unpaired) electrons. The predicted octanol–water partition coefficient (Wildman–Crippen LogP) is 4.86. The third kappa shape index (κ3) is 8.18. The number of nitrogens with one attached hydrogen (secondary N) is 1. The Morgan fingerprint density at radius 3 is 1.52 bits per heavy atom. The summed E-state index contributed by atoms with van der Waals surface area (Å²) < 4.78 is 62.7. The molecule has 31 heavy (non-hydrogen) atoms. The minimum atomic E-state index is -5.53. The van der Waals surface area contributed by atoms with Crippen molar-refractivity contribution in [1.82, 2.24) is 4.72 Å². The maximum atomic E-state index is 12.7. The molecule has 0 fully saturated rings. The molecule has 0 saturated carbocycles. The first-order valence-corrected chi connectivity index (χ1v) is 10.6. The summed E-state index contributed by atoms with van der Waals surface area (Å²) in [5, 5.41) is 0. The van der Waals surface area contributed by atoms with Crippen LogP contribution in [0.2, 0.25) is 0 Å². The van der Waals surface area contributed by atoms with Crippen molar-refractivity contribution in [2.75, 3.05) is 0 Å². The largest absolute Gasteiger partial charge is 0.511 e. The van der Waals surface area contributed by atoms with Crippen LogP contribution in [-0.2, 0) is 29.5 Å². The van der Waals surface area contributed by atoms with Gasteiger partial charge in [0.2, 0.25) is 0 Å². The summed E-state index contributed by atoms with van der Waals surface area (Å²) in [7, 11) is -5.53. The fourth-order valence-corrected chi connectivity index (χ4v) is 3.40. The molecule has 0 aliphatic carbocycles. The maximum absolute atomic E-state index is 12.7. The van der Waals surface area contributed by atoms with Crippen molar-refractivity contribution in [1.29, 1.82) is 0 Å². The molecule has 0 aliphatic rings. The predicted molar refractivity (Wildman–Crippen MR) is 112 cm³/mol. The maximum Gasteiger partial charge on any atom is 0.511 e. The van der Waals surface area contributed by atoms with Gasteiger partial charge in [-0.1, -0.05) is 96.6 Å². The molecule has 2 atom stereocenters. The minimum Gasteiger partial charge on any atom is -0.322 e. The first-order valence-electron chi connectivity index (χ1n) is 9.07. The van der Waals surface area contributed by atoms with E-state index < -0.39 is 27.6 Å². The second-order valence-electron chi connectivity index (χ2n) is 6.55. The summed E-state index contributed by atoms with van der Waals surface area (Å²) in [6, 6.07) is 24.3. The molecule has 3 N–H and O–H groups in total. The Labute approximate surface area is 193 Å². The molecule has 0 aliphatic heterocycles. The van der Waals surface area contributed by atoms with Crippen LogP contribution in [0, 0.1) is 6.92 Å². The summed E-state index contributed by atoms with van der Waals surface area (Å²) >= 11 is 0. The summed E-state index contributed by atoms with van der Waals surface area (Å²) in [4.78, 5) is 0. The van der Waals surface area contributed by atoms with Gasteiger partial charge >= 0.3 is 15.5 Å². The zero-order valence-corrected chi connectivity index (χ0v) is 19.2. The molecule has 0 aromatic heterocycles. The Hall–Kier alpha value is -2.06. The normalized spacial score (nSPS) is 13.2. The van der Waals surface area contributed by atoms with E-state index in [1.54, 1.807) is 53.3 Å². The number of aryl methyl sites for hydroxylation is 1. The molecule has 0 spiro atoms. The third-order valence-electron chi connectivity index (χ3n) is 4.23. The van der Waals surface area contributed by atoms with Crippen molar-refractivity contribution in [2.45, 2.75) is 24.5 Å². The fraction of sp³-hybridized carbons (Fsp3) is 0.182. The van der Waals surface area contributed by atoms with Gasteiger partial charge in [0.15, 0.2) is 0 Å². The zero-order chi connectivity index (χ0) is 22.2. The van der Waals surface area contributed by atoms with E-state index in [9.17, 15) is 21.6 Å². The summed E-state index contributed by atoms with van der Waals surface area (Å²) in [6.07, 6.45) is 0. The second kappa shape index (κ2) is 12.1. The van der Waals surface area contributed by atoms with E-state index in [1.807, 2.05) is 18.2 Å². The van der Waals surface area contributed by atoms with Crippen LogP contribution in [-0.4, -0.2) is 13.9 Å². The molecular formula is C22H23F3N2O2RuS. The van der Waals surface area contributed by atoms with Crippen LogP contribution >= 0.6 is 0 Å². The van der Waals surface area contributed by atoms with E-state index >= 15 is 0 Å². The van der Waals surface area contributed by atoms with Crippen LogP contribution in [0.25, 0.3) is 0 Å². The Bertz CT molecular complexity index is 1000. The first kappa shape index (κ1) is 27.0. The second-order valence-corrected chi connectivity index (χ2v) is 8.25. The standard InChI is InChI=1S/C15H15F3N2O2S.C7H8.Ru/c16-15(17,18)23(21,22)20-14(12-9-5-2-6-10-12)13(19)11-7-3-1-4-8-11;1-7-5-3-2-4-6-7;/h1-10,13-14,20H,19H2;2-6H,1H3;/t13-,14-;;/m0../s1. The van der Waals surface area contributed by atoms with Crippen molar-refractivity contribution in [2.24, 2.45) is 5.73 Å². The van der Waals surface area contributed by atoms with Crippen LogP contribution in [0.3, 0.4) is 0 Å². The number of rotatable bonds is 5. The number of hydrogen-bond donors (Lipinski definition) is 2. The average molecular weight is 538 g/mol. The monoisotopic (exact) mass is 538 g/mol. The Kier molecular flexibility index (Phi) is 10.5.